The Morgan fingerprint density at radius 1 is 1.07 bits per heavy atom. The van der Waals surface area contributed by atoms with E-state index >= 15 is 0 Å². The summed E-state index contributed by atoms with van der Waals surface area (Å²) in [6, 6.07) is 0. The number of hydrogen-bond acceptors (Lipinski definition) is 2. The fraction of sp³-hybridized carbons (Fsp3) is 0.917. The quantitative estimate of drug-likeness (QED) is 0.540. The van der Waals surface area contributed by atoms with Gasteiger partial charge in [0.15, 0.2) is 0 Å². The normalized spacial score (nSPS) is 29.5. The average molecular weight is 277 g/mol. The van der Waals surface area contributed by atoms with Gasteiger partial charge in [-0.05, 0) is 12.8 Å². The molecule has 0 aliphatic heterocycles. The molecular weight excluding hydrogens is 256 g/mol. The Balaban J connectivity index is 2.50. The highest BCUT2D eigenvalue weighted by atomic mass is 79.9. The lowest BCUT2D eigenvalue weighted by molar-refractivity contribution is -0.145. The highest BCUT2D eigenvalue weighted by molar-refractivity contribution is 9.09. The van der Waals surface area contributed by atoms with Crippen molar-refractivity contribution in [1.82, 2.24) is 0 Å². The molecule has 0 spiro atoms. The van der Waals surface area contributed by atoms with Crippen LogP contribution in [0.15, 0.2) is 0 Å². The van der Waals surface area contributed by atoms with Gasteiger partial charge in [0, 0.05) is 4.83 Å². The number of halogens is 1. The molecule has 1 aliphatic carbocycles. The van der Waals surface area contributed by atoms with Crippen LogP contribution in [0, 0.1) is 5.92 Å². The van der Waals surface area contributed by atoms with E-state index in [9.17, 15) is 4.79 Å². The van der Waals surface area contributed by atoms with Crippen molar-refractivity contribution in [3.63, 3.8) is 0 Å². The molecule has 1 rings (SSSR count). The van der Waals surface area contributed by atoms with Crippen LogP contribution in [-0.4, -0.2) is 17.9 Å². The summed E-state index contributed by atoms with van der Waals surface area (Å²) in [5.41, 5.74) is 0. The fourth-order valence-electron chi connectivity index (χ4n) is 2.21. The minimum Gasteiger partial charge on any atom is -0.469 e. The summed E-state index contributed by atoms with van der Waals surface area (Å²) < 4.78 is 4.86. The summed E-state index contributed by atoms with van der Waals surface area (Å²) in [5, 5.41) is 0. The number of carbonyl (C=O) groups is 1. The van der Waals surface area contributed by atoms with Gasteiger partial charge in [0.1, 0.15) is 0 Å². The smallest absolute Gasteiger partial charge is 0.309 e. The topological polar surface area (TPSA) is 26.3 Å². The van der Waals surface area contributed by atoms with Crippen molar-refractivity contribution in [2.75, 3.05) is 7.11 Å². The van der Waals surface area contributed by atoms with Crippen LogP contribution >= 0.6 is 15.9 Å². The number of rotatable bonds is 1. The zero-order chi connectivity index (χ0) is 11.1. The van der Waals surface area contributed by atoms with E-state index in [1.165, 1.54) is 39.2 Å². The van der Waals surface area contributed by atoms with E-state index < -0.39 is 0 Å². The fourth-order valence-corrected chi connectivity index (χ4v) is 3.01. The third-order valence-corrected chi connectivity index (χ3v) is 4.28. The van der Waals surface area contributed by atoms with Gasteiger partial charge in [0.25, 0.3) is 0 Å². The second-order valence-corrected chi connectivity index (χ2v) is 5.52. The van der Waals surface area contributed by atoms with Gasteiger partial charge in [0.2, 0.25) is 0 Å². The highest BCUT2D eigenvalue weighted by Crippen LogP contribution is 2.27. The summed E-state index contributed by atoms with van der Waals surface area (Å²) >= 11 is 3.64. The van der Waals surface area contributed by atoms with E-state index in [0.29, 0.717) is 4.83 Å². The van der Waals surface area contributed by atoms with E-state index in [2.05, 4.69) is 15.9 Å². The van der Waals surface area contributed by atoms with Gasteiger partial charge in [-0.1, -0.05) is 54.5 Å². The van der Waals surface area contributed by atoms with Crippen molar-refractivity contribution in [1.29, 1.82) is 0 Å². The zero-order valence-electron chi connectivity index (χ0n) is 9.51. The predicted octanol–water partition coefficient (Wildman–Crippen LogP) is 3.67. The molecule has 0 saturated heterocycles. The molecule has 2 atom stereocenters. The lowest BCUT2D eigenvalue weighted by Gasteiger charge is -2.21. The molecule has 0 heterocycles. The van der Waals surface area contributed by atoms with Crippen LogP contribution in [0.4, 0.5) is 0 Å². The van der Waals surface area contributed by atoms with E-state index in [1.54, 1.807) is 0 Å². The zero-order valence-corrected chi connectivity index (χ0v) is 11.1. The molecule has 2 nitrogen and oxygen atoms in total. The van der Waals surface area contributed by atoms with Gasteiger partial charge in [-0.15, -0.1) is 0 Å². The van der Waals surface area contributed by atoms with Gasteiger partial charge in [-0.2, -0.15) is 0 Å². The monoisotopic (exact) mass is 276 g/mol. The maximum atomic E-state index is 11.6. The van der Waals surface area contributed by atoms with Crippen molar-refractivity contribution < 1.29 is 9.53 Å². The number of methoxy groups -OCH3 is 1. The second kappa shape index (κ2) is 7.26. The number of hydrogen-bond donors (Lipinski definition) is 0. The largest absolute Gasteiger partial charge is 0.469 e. The molecule has 0 N–H and O–H groups in total. The Hall–Kier alpha value is -0.0500. The molecule has 1 aliphatic rings. The van der Waals surface area contributed by atoms with Crippen molar-refractivity contribution in [3.8, 4) is 0 Å². The molecule has 0 aromatic carbocycles. The Morgan fingerprint density at radius 3 is 2.20 bits per heavy atom. The number of alkyl halides is 1. The van der Waals surface area contributed by atoms with E-state index in [4.69, 9.17) is 4.74 Å². The first-order valence-electron chi connectivity index (χ1n) is 5.97. The molecule has 0 amide bonds. The lowest BCUT2D eigenvalue weighted by atomic mass is 9.92. The molecule has 0 aromatic heterocycles. The number of esters is 1. The summed E-state index contributed by atoms with van der Waals surface area (Å²) in [6.45, 7) is 0. The first-order chi connectivity index (χ1) is 7.25. The predicted molar refractivity (Wildman–Crippen MR) is 65.2 cm³/mol. The van der Waals surface area contributed by atoms with Crippen molar-refractivity contribution >= 4 is 21.9 Å². The molecule has 15 heavy (non-hydrogen) atoms. The number of ether oxygens (including phenoxy) is 1. The molecular formula is C12H21BrO2. The van der Waals surface area contributed by atoms with E-state index in [0.717, 1.165) is 19.3 Å². The average Bonchev–Trinajstić information content (AvgIpc) is 2.26. The minimum atomic E-state index is -0.0440. The lowest BCUT2D eigenvalue weighted by Crippen LogP contribution is -2.25. The Kier molecular flexibility index (Phi) is 6.30. The highest BCUT2D eigenvalue weighted by Gasteiger charge is 2.26. The molecule has 3 heteroatoms. The summed E-state index contributed by atoms with van der Waals surface area (Å²) in [5.74, 6) is 0.0190. The van der Waals surface area contributed by atoms with Crippen molar-refractivity contribution in [2.45, 2.75) is 56.2 Å². The molecule has 0 aromatic rings. The van der Waals surface area contributed by atoms with Crippen LogP contribution in [0.5, 0.6) is 0 Å². The molecule has 0 radical (unpaired) electrons. The maximum Gasteiger partial charge on any atom is 0.309 e. The van der Waals surface area contributed by atoms with Gasteiger partial charge in [0.05, 0.1) is 13.0 Å². The minimum absolute atomic E-state index is 0.0440. The Labute approximate surface area is 101 Å². The van der Waals surface area contributed by atoms with Gasteiger partial charge < -0.3 is 4.74 Å². The second-order valence-electron chi connectivity index (χ2n) is 4.34. The first kappa shape index (κ1) is 13.0. The SMILES string of the molecule is COC(=O)C1CCCCCCCCC1Br. The molecule has 1 fully saturated rings. The standard InChI is InChI=1S/C12H21BrO2/c1-15-12(14)10-8-6-4-2-3-5-7-9-11(10)13/h10-11H,2-9H2,1H3. The van der Waals surface area contributed by atoms with E-state index in [1.807, 2.05) is 0 Å². The van der Waals surface area contributed by atoms with Gasteiger partial charge in [-0.25, -0.2) is 0 Å². The van der Waals surface area contributed by atoms with Crippen molar-refractivity contribution in [3.05, 3.63) is 0 Å². The first-order valence-corrected chi connectivity index (χ1v) is 6.89. The van der Waals surface area contributed by atoms with Crippen LogP contribution in [0.2, 0.25) is 0 Å². The van der Waals surface area contributed by atoms with Gasteiger partial charge >= 0.3 is 5.97 Å². The molecule has 2 unspecified atom stereocenters. The van der Waals surface area contributed by atoms with E-state index in [-0.39, 0.29) is 11.9 Å². The van der Waals surface area contributed by atoms with Crippen LogP contribution in [0.25, 0.3) is 0 Å². The van der Waals surface area contributed by atoms with Crippen LogP contribution in [0.3, 0.4) is 0 Å². The molecule has 0 bridgehead atoms. The molecule has 88 valence electrons. The summed E-state index contributed by atoms with van der Waals surface area (Å²) in [4.78, 5) is 11.9. The third kappa shape index (κ3) is 4.54. The molecule has 1 saturated carbocycles. The van der Waals surface area contributed by atoms with Gasteiger partial charge in [-0.3, -0.25) is 4.79 Å². The number of carbonyl (C=O) groups excluding carboxylic acids is 1. The van der Waals surface area contributed by atoms with Crippen molar-refractivity contribution in [2.24, 2.45) is 5.92 Å². The summed E-state index contributed by atoms with van der Waals surface area (Å²) in [7, 11) is 1.49. The van der Waals surface area contributed by atoms with Crippen LogP contribution in [0.1, 0.15) is 51.4 Å². The third-order valence-electron chi connectivity index (χ3n) is 3.19. The van der Waals surface area contributed by atoms with Crippen LogP contribution in [-0.2, 0) is 9.53 Å². The summed E-state index contributed by atoms with van der Waals surface area (Å²) in [6.07, 6.45) is 9.68. The maximum absolute atomic E-state index is 11.6. The Bertz CT molecular complexity index is 194. The van der Waals surface area contributed by atoms with Crippen LogP contribution < -0.4 is 0 Å². The Morgan fingerprint density at radius 2 is 1.60 bits per heavy atom.